The molecular formula is C35H42O5Si2. The summed E-state index contributed by atoms with van der Waals surface area (Å²) in [6, 6.07) is 17.7. The van der Waals surface area contributed by atoms with Crippen molar-refractivity contribution in [3.05, 3.63) is 100 Å². The van der Waals surface area contributed by atoms with Gasteiger partial charge in [0.05, 0.1) is 11.1 Å². The molecule has 0 fully saturated rings. The highest BCUT2D eigenvalue weighted by molar-refractivity contribution is 7.06. The fraction of sp³-hybridized carbons (Fsp3) is 0.371. The summed E-state index contributed by atoms with van der Waals surface area (Å²) in [4.78, 5) is 26.8. The Kier molecular flexibility index (Phi) is 6.83. The maximum absolute atomic E-state index is 13.6. The zero-order valence-corrected chi connectivity index (χ0v) is 28.5. The molecule has 2 aliphatic rings. The molecule has 2 unspecified atom stereocenters. The van der Waals surface area contributed by atoms with Crippen molar-refractivity contribution in [3.63, 3.8) is 0 Å². The highest BCUT2D eigenvalue weighted by Gasteiger charge is 2.57. The van der Waals surface area contributed by atoms with E-state index in [0.29, 0.717) is 16.7 Å². The zero-order valence-electron chi connectivity index (χ0n) is 26.5. The summed E-state index contributed by atoms with van der Waals surface area (Å²) in [7, 11) is -4.65. The van der Waals surface area contributed by atoms with Crippen molar-refractivity contribution in [1.82, 2.24) is 0 Å². The first-order valence-corrected chi connectivity index (χ1v) is 20.0. The number of esters is 2. The van der Waals surface area contributed by atoms with E-state index in [2.05, 4.69) is 89.9 Å². The maximum Gasteiger partial charge on any atom is 0.340 e. The van der Waals surface area contributed by atoms with Crippen molar-refractivity contribution in [2.24, 2.45) is 0 Å². The molecule has 42 heavy (non-hydrogen) atoms. The van der Waals surface area contributed by atoms with Gasteiger partial charge in [0.2, 0.25) is 8.32 Å². The Balaban J connectivity index is 1.80. The second kappa shape index (κ2) is 9.54. The third-order valence-electron chi connectivity index (χ3n) is 9.13. The van der Waals surface area contributed by atoms with Gasteiger partial charge in [-0.15, -0.1) is 6.58 Å². The molecule has 5 rings (SSSR count). The lowest BCUT2D eigenvalue weighted by Crippen LogP contribution is -2.64. The molecular weight excluding hydrogens is 557 g/mol. The summed E-state index contributed by atoms with van der Waals surface area (Å²) in [5.41, 5.74) is 4.64. The number of rotatable bonds is 4. The Labute approximate surface area is 252 Å². The average molecular weight is 599 g/mol. The summed E-state index contributed by atoms with van der Waals surface area (Å²) >= 11 is 0. The molecule has 3 aromatic rings. The van der Waals surface area contributed by atoms with Crippen LogP contribution in [0.3, 0.4) is 0 Å². The average Bonchev–Trinajstić information content (AvgIpc) is 3.17. The van der Waals surface area contributed by atoms with Gasteiger partial charge in [-0.1, -0.05) is 62.8 Å². The van der Waals surface area contributed by atoms with Crippen molar-refractivity contribution in [2.75, 3.05) is 0 Å². The van der Waals surface area contributed by atoms with E-state index in [1.54, 1.807) is 18.2 Å². The second-order valence-corrected chi connectivity index (χ2v) is 23.0. The van der Waals surface area contributed by atoms with Crippen molar-refractivity contribution in [3.8, 4) is 5.75 Å². The van der Waals surface area contributed by atoms with E-state index in [0.717, 1.165) is 32.8 Å². The Morgan fingerprint density at radius 3 is 2.14 bits per heavy atom. The normalized spacial score (nSPS) is 21.2. The molecule has 0 radical (unpaired) electrons. The van der Waals surface area contributed by atoms with Crippen LogP contribution in [0.1, 0.15) is 84.5 Å². The molecule has 220 valence electrons. The van der Waals surface area contributed by atoms with Gasteiger partial charge in [0.15, 0.2) is 5.60 Å². The number of carbonyl (C=O) groups is 2. The van der Waals surface area contributed by atoms with E-state index in [-0.39, 0.29) is 5.04 Å². The molecule has 1 spiro atoms. The lowest BCUT2D eigenvalue weighted by Gasteiger charge is -2.44. The first-order chi connectivity index (χ1) is 19.3. The highest BCUT2D eigenvalue weighted by Crippen LogP contribution is 2.50. The number of ether oxygens (including phenoxy) is 2. The Hall–Kier alpha value is -3.43. The molecule has 0 saturated carbocycles. The Morgan fingerprint density at radius 1 is 0.929 bits per heavy atom. The van der Waals surface area contributed by atoms with Gasteiger partial charge in [0.25, 0.3) is 0 Å². The topological polar surface area (TPSA) is 61.8 Å². The minimum absolute atomic E-state index is 0.0327. The number of fused-ring (bicyclic) bond motifs is 6. The molecule has 5 nitrogen and oxygen atoms in total. The Bertz CT molecular complexity index is 1640. The first-order valence-electron chi connectivity index (χ1n) is 14.5. The summed E-state index contributed by atoms with van der Waals surface area (Å²) in [6.07, 6.45) is 0. The molecule has 0 N–H and O–H groups in total. The van der Waals surface area contributed by atoms with Gasteiger partial charge in [-0.2, -0.15) is 0 Å². The van der Waals surface area contributed by atoms with Crippen LogP contribution in [0.5, 0.6) is 5.75 Å². The van der Waals surface area contributed by atoms with Gasteiger partial charge < -0.3 is 13.9 Å². The molecule has 0 aromatic heterocycles. The smallest absolute Gasteiger partial charge is 0.340 e. The van der Waals surface area contributed by atoms with Crippen LogP contribution in [0.4, 0.5) is 0 Å². The molecule has 0 amide bonds. The van der Waals surface area contributed by atoms with Crippen LogP contribution in [-0.4, -0.2) is 33.9 Å². The fourth-order valence-corrected chi connectivity index (χ4v) is 10.2. The van der Waals surface area contributed by atoms with Gasteiger partial charge in [0.1, 0.15) is 19.4 Å². The van der Waals surface area contributed by atoms with Gasteiger partial charge in [-0.05, 0) is 86.5 Å². The predicted molar refractivity (Wildman–Crippen MR) is 173 cm³/mol. The summed E-state index contributed by atoms with van der Waals surface area (Å²) in [6.45, 7) is 25.4. The van der Waals surface area contributed by atoms with Crippen LogP contribution in [0.15, 0.2) is 66.9 Å². The van der Waals surface area contributed by atoms with Crippen molar-refractivity contribution in [2.45, 2.75) is 84.3 Å². The SMILES string of the molecule is C=C[Si]1(C)c2cc(C)ccc2C2(OC(=O)c3ccc(C(=O)OC(C)(C)C)cc32)c2ccc(O[Si](C)(C)C(C)(C)C)cc21. The molecule has 2 heterocycles. The fourth-order valence-electron chi connectivity index (χ4n) is 5.80. The molecule has 0 bridgehead atoms. The van der Waals surface area contributed by atoms with Crippen molar-refractivity contribution < 1.29 is 23.5 Å². The first kappa shape index (κ1) is 30.0. The van der Waals surface area contributed by atoms with E-state index >= 15 is 0 Å². The molecule has 7 heteroatoms. The number of benzene rings is 3. The third kappa shape index (κ3) is 4.58. The van der Waals surface area contributed by atoms with Crippen LogP contribution >= 0.6 is 0 Å². The van der Waals surface area contributed by atoms with E-state index < -0.39 is 39.5 Å². The summed E-state index contributed by atoms with van der Waals surface area (Å²) < 4.78 is 19.0. The standard InChI is InChI=1S/C35H42O5Si2/c1-12-42(11)29-19-22(2)13-17-26(29)35(27-18-15-24(21-30(27)42)40-41(9,10)34(6,7)8)28-20-23(31(36)38-33(3,4)5)14-16-25(28)32(37)39-35/h12-21H,1H2,2-11H3. The zero-order chi connectivity index (χ0) is 31.0. The molecule has 3 aromatic carbocycles. The summed E-state index contributed by atoms with van der Waals surface area (Å²) in [5, 5.41) is 2.26. The molecule has 0 saturated heterocycles. The highest BCUT2D eigenvalue weighted by atomic mass is 28.4. The number of carbonyl (C=O) groups excluding carboxylic acids is 2. The van der Waals surface area contributed by atoms with Crippen molar-refractivity contribution >= 4 is 38.7 Å². The number of aryl methyl sites for hydroxylation is 1. The second-order valence-electron chi connectivity index (χ2n) is 14.4. The maximum atomic E-state index is 13.6. The minimum atomic E-state index is -2.52. The van der Waals surface area contributed by atoms with Crippen LogP contribution in [-0.2, 0) is 15.1 Å². The van der Waals surface area contributed by atoms with Crippen LogP contribution < -0.4 is 14.8 Å². The van der Waals surface area contributed by atoms with Gasteiger partial charge in [0, 0.05) is 16.7 Å². The minimum Gasteiger partial charge on any atom is -0.544 e. The van der Waals surface area contributed by atoms with Crippen LogP contribution in [0.2, 0.25) is 24.7 Å². The lowest BCUT2D eigenvalue weighted by atomic mass is 9.78. The van der Waals surface area contributed by atoms with E-state index in [9.17, 15) is 9.59 Å². The molecule has 0 aliphatic carbocycles. The Morgan fingerprint density at radius 2 is 1.55 bits per heavy atom. The van der Waals surface area contributed by atoms with Gasteiger partial charge in [-0.3, -0.25) is 0 Å². The molecule has 2 atom stereocenters. The molecule has 2 aliphatic heterocycles. The van der Waals surface area contributed by atoms with E-state index in [1.165, 1.54) is 0 Å². The van der Waals surface area contributed by atoms with Crippen molar-refractivity contribution in [1.29, 1.82) is 0 Å². The largest absolute Gasteiger partial charge is 0.544 e. The van der Waals surface area contributed by atoms with E-state index in [1.807, 2.05) is 26.8 Å². The van der Waals surface area contributed by atoms with E-state index in [4.69, 9.17) is 13.9 Å². The van der Waals surface area contributed by atoms with Gasteiger partial charge in [-0.25, -0.2) is 9.59 Å². The summed E-state index contributed by atoms with van der Waals surface area (Å²) in [5.74, 6) is -0.0358. The van der Waals surface area contributed by atoms with Crippen LogP contribution in [0, 0.1) is 6.92 Å². The third-order valence-corrected chi connectivity index (χ3v) is 17.4. The van der Waals surface area contributed by atoms with Gasteiger partial charge >= 0.3 is 11.9 Å². The lowest BCUT2D eigenvalue weighted by molar-refractivity contribution is 0.00692. The quantitative estimate of drug-likeness (QED) is 0.238. The van der Waals surface area contributed by atoms with Crippen LogP contribution in [0.25, 0.3) is 0 Å². The number of hydrogen-bond acceptors (Lipinski definition) is 5. The monoisotopic (exact) mass is 598 g/mol. The number of hydrogen-bond donors (Lipinski definition) is 0. The predicted octanol–water partition coefficient (Wildman–Crippen LogP) is 7.03.